The fourth-order valence-electron chi connectivity index (χ4n) is 2.19. The molecule has 0 saturated carbocycles. The number of benzene rings is 1. The molecular weight excluding hydrogens is 338 g/mol. The molecule has 1 aromatic carbocycles. The third-order valence-electron chi connectivity index (χ3n) is 3.43. The first-order valence-electron chi connectivity index (χ1n) is 8.17. The molecular formula is C17H25N5O4. The Balaban J connectivity index is 2.68. The van der Waals surface area contributed by atoms with Crippen LogP contribution < -0.4 is 22.5 Å². The second kappa shape index (κ2) is 10.8. The average Bonchev–Trinajstić information content (AvgIpc) is 2.58. The van der Waals surface area contributed by atoms with Gasteiger partial charge in [0.1, 0.15) is 6.04 Å². The summed E-state index contributed by atoms with van der Waals surface area (Å²) >= 11 is 0. The Morgan fingerprint density at radius 3 is 2.42 bits per heavy atom. The van der Waals surface area contributed by atoms with Crippen LogP contribution in [0.5, 0.6) is 0 Å². The fourth-order valence-corrected chi connectivity index (χ4v) is 2.19. The molecule has 0 aliphatic carbocycles. The molecule has 0 aromatic heterocycles. The van der Waals surface area contributed by atoms with Gasteiger partial charge in [0.25, 0.3) is 0 Å². The van der Waals surface area contributed by atoms with Crippen molar-refractivity contribution in [3.63, 3.8) is 0 Å². The number of hydrogen-bond donors (Lipinski definition) is 4. The molecule has 0 spiro atoms. The summed E-state index contributed by atoms with van der Waals surface area (Å²) in [4.78, 5) is 39.2. The largest absolute Gasteiger partial charge is 0.392 e. The van der Waals surface area contributed by atoms with Gasteiger partial charge in [-0.05, 0) is 18.4 Å². The molecule has 0 aliphatic heterocycles. The number of nitrogens with zero attached hydrogens (tertiary/aromatic N) is 1. The molecule has 0 fully saturated rings. The highest BCUT2D eigenvalue weighted by Crippen LogP contribution is 2.06. The minimum absolute atomic E-state index is 0.0297. The van der Waals surface area contributed by atoms with Gasteiger partial charge in [0.05, 0.1) is 6.04 Å². The Labute approximate surface area is 152 Å². The number of amides is 1. The molecule has 2 atom stereocenters. The smallest absolute Gasteiger partial charge is 0.336 e. The average molecular weight is 363 g/mol. The van der Waals surface area contributed by atoms with E-state index in [2.05, 4.69) is 15.0 Å². The van der Waals surface area contributed by atoms with E-state index in [0.717, 1.165) is 12.5 Å². The molecule has 0 unspecified atom stereocenters. The van der Waals surface area contributed by atoms with Crippen molar-refractivity contribution >= 4 is 23.8 Å². The monoisotopic (exact) mass is 363 g/mol. The molecule has 0 saturated heterocycles. The number of ether oxygens (including phenoxy) is 1. The molecule has 1 aromatic rings. The molecule has 26 heavy (non-hydrogen) atoms. The molecule has 0 radical (unpaired) electrons. The molecule has 0 bridgehead atoms. The van der Waals surface area contributed by atoms with E-state index in [1.54, 1.807) is 24.3 Å². The summed E-state index contributed by atoms with van der Waals surface area (Å²) in [6.45, 7) is 1.47. The van der Waals surface area contributed by atoms with E-state index in [9.17, 15) is 14.4 Å². The lowest BCUT2D eigenvalue weighted by molar-refractivity contribution is -0.160. The normalized spacial score (nSPS) is 12.5. The van der Waals surface area contributed by atoms with Crippen LogP contribution in [0.1, 0.15) is 25.3 Å². The van der Waals surface area contributed by atoms with Gasteiger partial charge in [-0.3, -0.25) is 14.6 Å². The Morgan fingerprint density at radius 1 is 1.19 bits per heavy atom. The van der Waals surface area contributed by atoms with Gasteiger partial charge in [0.15, 0.2) is 5.96 Å². The highest BCUT2D eigenvalue weighted by atomic mass is 16.6. The fraction of sp³-hybridized carbons (Fsp3) is 0.412. The van der Waals surface area contributed by atoms with Crippen LogP contribution in [0.3, 0.4) is 0 Å². The number of aliphatic imine (C=N–C) groups is 1. The first-order chi connectivity index (χ1) is 12.3. The van der Waals surface area contributed by atoms with E-state index < -0.39 is 29.9 Å². The number of esters is 2. The molecule has 9 heteroatoms. The molecule has 1 rings (SSSR count). The van der Waals surface area contributed by atoms with Crippen LogP contribution in [0.4, 0.5) is 0 Å². The lowest BCUT2D eigenvalue weighted by Crippen LogP contribution is -2.50. The molecule has 7 N–H and O–H groups in total. The van der Waals surface area contributed by atoms with Gasteiger partial charge in [0.2, 0.25) is 5.91 Å². The first kappa shape index (κ1) is 21.1. The zero-order chi connectivity index (χ0) is 19.5. The van der Waals surface area contributed by atoms with Crippen molar-refractivity contribution in [2.45, 2.75) is 38.3 Å². The molecule has 142 valence electrons. The van der Waals surface area contributed by atoms with Crippen LogP contribution in [0, 0.1) is 0 Å². The number of nitrogens with one attached hydrogen (secondary N) is 1. The summed E-state index contributed by atoms with van der Waals surface area (Å²) < 4.78 is 4.61. The van der Waals surface area contributed by atoms with Crippen molar-refractivity contribution in [2.75, 3.05) is 6.54 Å². The number of carbonyl (C=O) groups is 3. The van der Waals surface area contributed by atoms with Crippen LogP contribution >= 0.6 is 0 Å². The molecule has 0 aliphatic rings. The number of hydrogen-bond acceptors (Lipinski definition) is 6. The van der Waals surface area contributed by atoms with Gasteiger partial charge >= 0.3 is 11.9 Å². The summed E-state index contributed by atoms with van der Waals surface area (Å²) in [6, 6.07) is 7.19. The van der Waals surface area contributed by atoms with Crippen LogP contribution in [0.2, 0.25) is 0 Å². The van der Waals surface area contributed by atoms with Crippen molar-refractivity contribution < 1.29 is 19.1 Å². The van der Waals surface area contributed by atoms with Gasteiger partial charge < -0.3 is 27.3 Å². The third-order valence-corrected chi connectivity index (χ3v) is 3.43. The van der Waals surface area contributed by atoms with Crippen LogP contribution in [-0.2, 0) is 25.5 Å². The quantitative estimate of drug-likeness (QED) is 0.146. The molecule has 9 nitrogen and oxygen atoms in total. The lowest BCUT2D eigenvalue weighted by Gasteiger charge is -2.19. The van der Waals surface area contributed by atoms with Gasteiger partial charge in [-0.15, -0.1) is 0 Å². The Bertz CT molecular complexity index is 644. The van der Waals surface area contributed by atoms with Crippen LogP contribution in [-0.4, -0.2) is 42.4 Å². The van der Waals surface area contributed by atoms with Crippen molar-refractivity contribution in [3.05, 3.63) is 35.9 Å². The standard InChI is InChI=1S/C17H25N5O4/c1-11(23)26-16(25)14(10-12-6-3-2-4-7-12)22-15(24)13(18)8-5-9-21-17(19)20/h2-4,6-7,13-14H,5,8-10,18H2,1H3,(H,22,24)(H4,19,20,21)/t13-,14-/m0/s1. The Kier molecular flexibility index (Phi) is 8.79. The van der Waals surface area contributed by atoms with Crippen molar-refractivity contribution in [1.82, 2.24) is 5.32 Å². The Hall–Kier alpha value is -2.94. The van der Waals surface area contributed by atoms with Gasteiger partial charge in [-0.2, -0.15) is 0 Å². The maximum atomic E-state index is 12.2. The van der Waals surface area contributed by atoms with E-state index in [1.807, 2.05) is 6.07 Å². The van der Waals surface area contributed by atoms with Crippen LogP contribution in [0.25, 0.3) is 0 Å². The zero-order valence-electron chi connectivity index (χ0n) is 14.7. The maximum absolute atomic E-state index is 12.2. The van der Waals surface area contributed by atoms with Gasteiger partial charge in [-0.1, -0.05) is 30.3 Å². The van der Waals surface area contributed by atoms with Crippen molar-refractivity contribution in [2.24, 2.45) is 22.2 Å². The van der Waals surface area contributed by atoms with E-state index in [4.69, 9.17) is 17.2 Å². The minimum atomic E-state index is -1.02. The second-order valence-corrected chi connectivity index (χ2v) is 5.72. The molecule has 0 heterocycles. The SMILES string of the molecule is CC(=O)OC(=O)[C@H](Cc1ccccc1)NC(=O)[C@@H](N)CCCN=C(N)N. The summed E-state index contributed by atoms with van der Waals surface area (Å²) in [7, 11) is 0. The summed E-state index contributed by atoms with van der Waals surface area (Å²) in [5.74, 6) is -2.12. The topological polar surface area (TPSA) is 163 Å². The highest BCUT2D eigenvalue weighted by Gasteiger charge is 2.26. The van der Waals surface area contributed by atoms with Crippen LogP contribution in [0.15, 0.2) is 35.3 Å². The van der Waals surface area contributed by atoms with Crippen molar-refractivity contribution in [1.29, 1.82) is 0 Å². The van der Waals surface area contributed by atoms with E-state index in [-0.39, 0.29) is 12.4 Å². The minimum Gasteiger partial charge on any atom is -0.392 e. The number of rotatable bonds is 9. The third kappa shape index (κ3) is 8.25. The number of carbonyl (C=O) groups excluding carboxylic acids is 3. The Morgan fingerprint density at radius 2 is 1.85 bits per heavy atom. The highest BCUT2D eigenvalue weighted by molar-refractivity contribution is 5.91. The summed E-state index contributed by atoms with van der Waals surface area (Å²) in [5.41, 5.74) is 17.1. The summed E-state index contributed by atoms with van der Waals surface area (Å²) in [5, 5.41) is 2.54. The molecule has 1 amide bonds. The summed E-state index contributed by atoms with van der Waals surface area (Å²) in [6.07, 6.45) is 1.02. The van der Waals surface area contributed by atoms with Gasteiger partial charge in [-0.25, -0.2) is 4.79 Å². The van der Waals surface area contributed by atoms with Crippen molar-refractivity contribution in [3.8, 4) is 0 Å². The van der Waals surface area contributed by atoms with Gasteiger partial charge in [0, 0.05) is 19.9 Å². The predicted octanol–water partition coefficient (Wildman–Crippen LogP) is -0.815. The zero-order valence-corrected chi connectivity index (χ0v) is 14.7. The first-order valence-corrected chi connectivity index (χ1v) is 8.17. The predicted molar refractivity (Wildman–Crippen MR) is 96.7 cm³/mol. The number of nitrogens with two attached hydrogens (primary N) is 3. The van der Waals surface area contributed by atoms with E-state index in [0.29, 0.717) is 19.4 Å². The van der Waals surface area contributed by atoms with E-state index >= 15 is 0 Å². The maximum Gasteiger partial charge on any atom is 0.336 e. The second-order valence-electron chi connectivity index (χ2n) is 5.72. The lowest BCUT2D eigenvalue weighted by atomic mass is 10.0. The number of guanidine groups is 1. The van der Waals surface area contributed by atoms with E-state index in [1.165, 1.54) is 0 Å².